The Bertz CT molecular complexity index is 290. The van der Waals surface area contributed by atoms with Gasteiger partial charge in [0.1, 0.15) is 0 Å². The third kappa shape index (κ3) is 6.99. The summed E-state index contributed by atoms with van der Waals surface area (Å²) in [5, 5.41) is 0. The smallest absolute Gasteiger partial charge is 0.0217 e. The fourth-order valence-electron chi connectivity index (χ4n) is 2.80. The van der Waals surface area contributed by atoms with Gasteiger partial charge in [-0.25, -0.2) is 0 Å². The highest BCUT2D eigenvalue weighted by molar-refractivity contribution is 5.01. The summed E-state index contributed by atoms with van der Waals surface area (Å²) in [4.78, 5) is 5.13. The minimum absolute atomic E-state index is 0.510. The highest BCUT2D eigenvalue weighted by Gasteiger charge is 2.22. The summed E-state index contributed by atoms with van der Waals surface area (Å²) < 4.78 is 0. The van der Waals surface area contributed by atoms with E-state index in [-0.39, 0.29) is 0 Å². The lowest BCUT2D eigenvalue weighted by molar-refractivity contribution is 0.121. The molecular weight excluding hydrogens is 232 g/mol. The average molecular weight is 264 g/mol. The van der Waals surface area contributed by atoms with Crippen molar-refractivity contribution in [2.75, 3.05) is 33.2 Å². The Morgan fingerprint density at radius 2 is 1.79 bits per heavy atom. The molecule has 0 atom stereocenters. The Morgan fingerprint density at radius 3 is 2.32 bits per heavy atom. The summed E-state index contributed by atoms with van der Waals surface area (Å²) in [6.45, 7) is 13.8. The van der Waals surface area contributed by atoms with E-state index in [1.807, 2.05) is 0 Å². The number of nitrogens with zero attached hydrogens (tertiary/aromatic N) is 2. The van der Waals surface area contributed by atoms with E-state index in [2.05, 4.69) is 56.4 Å². The molecule has 0 bridgehead atoms. The molecule has 0 aliphatic carbocycles. The zero-order valence-electron chi connectivity index (χ0n) is 13.6. The summed E-state index contributed by atoms with van der Waals surface area (Å²) in [5.41, 5.74) is 0. The quantitative estimate of drug-likeness (QED) is 0.704. The van der Waals surface area contributed by atoms with Gasteiger partial charge in [0.15, 0.2) is 0 Å². The van der Waals surface area contributed by atoms with E-state index in [9.17, 15) is 0 Å². The van der Waals surface area contributed by atoms with Crippen LogP contribution >= 0.6 is 0 Å². The molecule has 0 radical (unpaired) electrons. The zero-order valence-corrected chi connectivity index (χ0v) is 13.6. The van der Waals surface area contributed by atoms with Crippen LogP contribution in [0.4, 0.5) is 0 Å². The molecular formula is C17H32N2. The first-order chi connectivity index (χ1) is 8.99. The Morgan fingerprint density at radius 1 is 1.16 bits per heavy atom. The molecule has 1 aliphatic heterocycles. The largest absolute Gasteiger partial charge is 0.303 e. The highest BCUT2D eigenvalue weighted by atomic mass is 15.2. The molecule has 1 heterocycles. The van der Waals surface area contributed by atoms with Crippen molar-refractivity contribution in [3.63, 3.8) is 0 Å². The van der Waals surface area contributed by atoms with Crippen LogP contribution in [-0.4, -0.2) is 49.1 Å². The lowest BCUT2D eigenvalue weighted by Crippen LogP contribution is -2.44. The number of hydrogen-bond donors (Lipinski definition) is 0. The Kier molecular flexibility index (Phi) is 7.49. The van der Waals surface area contributed by atoms with E-state index >= 15 is 0 Å². The van der Waals surface area contributed by atoms with E-state index in [0.717, 1.165) is 24.9 Å². The predicted molar refractivity (Wildman–Crippen MR) is 84.2 cm³/mol. The van der Waals surface area contributed by atoms with Crippen molar-refractivity contribution in [3.05, 3.63) is 0 Å². The van der Waals surface area contributed by atoms with Crippen molar-refractivity contribution in [1.29, 1.82) is 0 Å². The molecule has 1 fully saturated rings. The van der Waals surface area contributed by atoms with Gasteiger partial charge in [0.25, 0.3) is 0 Å². The van der Waals surface area contributed by atoms with Gasteiger partial charge in [0, 0.05) is 31.5 Å². The average Bonchev–Trinajstić information content (AvgIpc) is 2.34. The second kappa shape index (κ2) is 8.61. The van der Waals surface area contributed by atoms with E-state index in [1.165, 1.54) is 32.5 Å². The molecule has 19 heavy (non-hydrogen) atoms. The maximum atomic E-state index is 3.29. The standard InChI is InChI=1S/C17H32N2/c1-15(2)8-6-7-11-19-12-9-17(10-13-19)18(5)14-16(3)4/h15-17H,7,9-14H2,1-5H3. The summed E-state index contributed by atoms with van der Waals surface area (Å²) in [7, 11) is 2.29. The van der Waals surface area contributed by atoms with Gasteiger partial charge in [0.05, 0.1) is 0 Å². The topological polar surface area (TPSA) is 6.48 Å². The Labute approximate surface area is 120 Å². The first-order valence-electron chi connectivity index (χ1n) is 7.90. The van der Waals surface area contributed by atoms with Crippen LogP contribution in [0.25, 0.3) is 0 Å². The van der Waals surface area contributed by atoms with Crippen LogP contribution in [0, 0.1) is 23.7 Å². The molecule has 1 saturated heterocycles. The minimum atomic E-state index is 0.510. The normalized spacial score (nSPS) is 18.1. The summed E-state index contributed by atoms with van der Waals surface area (Å²) >= 11 is 0. The molecule has 1 aliphatic rings. The molecule has 0 amide bonds. The second-order valence-electron chi connectivity index (χ2n) is 6.63. The Balaban J connectivity index is 2.20. The molecule has 110 valence electrons. The number of hydrogen-bond acceptors (Lipinski definition) is 2. The van der Waals surface area contributed by atoms with Crippen molar-refractivity contribution in [2.45, 2.75) is 53.0 Å². The van der Waals surface area contributed by atoms with Crippen LogP contribution < -0.4 is 0 Å². The first-order valence-corrected chi connectivity index (χ1v) is 7.90. The van der Waals surface area contributed by atoms with Gasteiger partial charge in [-0.1, -0.05) is 27.7 Å². The fourth-order valence-corrected chi connectivity index (χ4v) is 2.80. The lowest BCUT2D eigenvalue weighted by atomic mass is 10.0. The molecule has 0 aromatic carbocycles. The monoisotopic (exact) mass is 264 g/mol. The highest BCUT2D eigenvalue weighted by Crippen LogP contribution is 2.16. The number of rotatable bonds is 5. The van der Waals surface area contributed by atoms with Crippen LogP contribution in [0.15, 0.2) is 0 Å². The van der Waals surface area contributed by atoms with Crippen molar-refractivity contribution in [1.82, 2.24) is 9.80 Å². The van der Waals surface area contributed by atoms with Crippen LogP contribution in [0.1, 0.15) is 47.0 Å². The molecule has 0 aromatic heterocycles. The molecule has 0 saturated carbocycles. The lowest BCUT2D eigenvalue weighted by Gasteiger charge is -2.37. The molecule has 0 N–H and O–H groups in total. The van der Waals surface area contributed by atoms with Gasteiger partial charge in [0.2, 0.25) is 0 Å². The van der Waals surface area contributed by atoms with E-state index in [4.69, 9.17) is 0 Å². The van der Waals surface area contributed by atoms with Gasteiger partial charge in [-0.3, -0.25) is 0 Å². The summed E-state index contributed by atoms with van der Waals surface area (Å²) in [5.74, 6) is 7.82. The molecule has 1 rings (SSSR count). The minimum Gasteiger partial charge on any atom is -0.303 e. The molecule has 0 unspecified atom stereocenters. The van der Waals surface area contributed by atoms with Crippen LogP contribution in [0.3, 0.4) is 0 Å². The number of piperidine rings is 1. The van der Waals surface area contributed by atoms with Gasteiger partial charge in [-0.2, -0.15) is 0 Å². The Hall–Kier alpha value is -0.520. The maximum Gasteiger partial charge on any atom is 0.0217 e. The number of likely N-dealkylation sites (tertiary alicyclic amines) is 1. The first kappa shape index (κ1) is 16.5. The van der Waals surface area contributed by atoms with Gasteiger partial charge >= 0.3 is 0 Å². The predicted octanol–water partition coefficient (Wildman–Crippen LogP) is 3.09. The van der Waals surface area contributed by atoms with Crippen molar-refractivity contribution in [3.8, 4) is 11.8 Å². The van der Waals surface area contributed by atoms with E-state index < -0.39 is 0 Å². The molecule has 0 aromatic rings. The SMILES string of the molecule is CC(C)C#CCCN1CCC(N(C)CC(C)C)CC1. The van der Waals surface area contributed by atoms with Gasteiger partial charge < -0.3 is 9.80 Å². The van der Waals surface area contributed by atoms with Crippen LogP contribution in [0.2, 0.25) is 0 Å². The van der Waals surface area contributed by atoms with Gasteiger partial charge in [-0.15, -0.1) is 11.8 Å². The maximum absolute atomic E-state index is 3.29. The summed E-state index contributed by atoms with van der Waals surface area (Å²) in [6, 6.07) is 0.792. The molecule has 0 spiro atoms. The zero-order chi connectivity index (χ0) is 14.3. The van der Waals surface area contributed by atoms with Crippen LogP contribution in [-0.2, 0) is 0 Å². The second-order valence-corrected chi connectivity index (χ2v) is 6.63. The van der Waals surface area contributed by atoms with Crippen LogP contribution in [0.5, 0.6) is 0 Å². The van der Waals surface area contributed by atoms with Crippen molar-refractivity contribution < 1.29 is 0 Å². The third-order valence-corrected chi connectivity index (χ3v) is 3.78. The van der Waals surface area contributed by atoms with Crippen molar-refractivity contribution >= 4 is 0 Å². The summed E-state index contributed by atoms with van der Waals surface area (Å²) in [6.07, 6.45) is 3.67. The van der Waals surface area contributed by atoms with Crippen molar-refractivity contribution in [2.24, 2.45) is 11.8 Å². The van der Waals surface area contributed by atoms with E-state index in [1.54, 1.807) is 0 Å². The van der Waals surface area contributed by atoms with Gasteiger partial charge in [-0.05, 0) is 38.9 Å². The molecule has 2 nitrogen and oxygen atoms in total. The molecule has 2 heteroatoms. The fraction of sp³-hybridized carbons (Fsp3) is 0.882. The third-order valence-electron chi connectivity index (χ3n) is 3.78. The van der Waals surface area contributed by atoms with E-state index in [0.29, 0.717) is 5.92 Å².